The van der Waals surface area contributed by atoms with Crippen molar-refractivity contribution in [2.75, 3.05) is 6.61 Å². The number of benzene rings is 1. The van der Waals surface area contributed by atoms with E-state index in [0.717, 1.165) is 16.7 Å². The first-order chi connectivity index (χ1) is 11.5. The van der Waals surface area contributed by atoms with E-state index in [-0.39, 0.29) is 17.1 Å². The van der Waals surface area contributed by atoms with Crippen LogP contribution in [0.25, 0.3) is 0 Å². The lowest BCUT2D eigenvalue weighted by atomic mass is 10.1. The van der Waals surface area contributed by atoms with Crippen LogP contribution in [0, 0.1) is 20.8 Å². The Balaban J connectivity index is 2.21. The first-order valence-corrected chi connectivity index (χ1v) is 7.88. The van der Waals surface area contributed by atoms with Crippen molar-refractivity contribution >= 4 is 11.6 Å². The summed E-state index contributed by atoms with van der Waals surface area (Å²) in [6.45, 7) is 6.44. The van der Waals surface area contributed by atoms with Gasteiger partial charge in [0, 0.05) is 12.1 Å². The van der Waals surface area contributed by atoms with Crippen molar-refractivity contribution in [1.82, 2.24) is 5.01 Å². The number of carbonyl (C=O) groups is 1. The van der Waals surface area contributed by atoms with Crippen LogP contribution in [-0.2, 0) is 4.79 Å². The zero-order valence-electron chi connectivity index (χ0n) is 14.6. The minimum atomic E-state index is -5.02. The normalized spacial score (nSPS) is 20.6. The van der Waals surface area contributed by atoms with Gasteiger partial charge in [-0.25, -0.2) is 0 Å². The number of hydrogen-bond donors (Lipinski definition) is 1. The highest BCUT2D eigenvalue weighted by molar-refractivity contribution is 5.91. The van der Waals surface area contributed by atoms with Crippen LogP contribution in [0.15, 0.2) is 17.2 Å². The third-order valence-corrected chi connectivity index (χ3v) is 4.09. The van der Waals surface area contributed by atoms with Gasteiger partial charge >= 0.3 is 6.18 Å². The molecule has 0 fully saturated rings. The molecule has 1 aromatic carbocycles. The Labute approximate surface area is 144 Å². The van der Waals surface area contributed by atoms with Crippen LogP contribution in [0.2, 0.25) is 0 Å². The number of nitrogens with zero attached hydrogens (tertiary/aromatic N) is 2. The summed E-state index contributed by atoms with van der Waals surface area (Å²) in [6, 6.07) is 3.70. The van der Waals surface area contributed by atoms with Crippen molar-refractivity contribution in [1.29, 1.82) is 0 Å². The van der Waals surface area contributed by atoms with Gasteiger partial charge in [0.15, 0.2) is 6.61 Å². The van der Waals surface area contributed by atoms with Crippen molar-refractivity contribution < 1.29 is 27.8 Å². The number of hydrogen-bond acceptors (Lipinski definition) is 4. The van der Waals surface area contributed by atoms with E-state index in [1.54, 1.807) is 20.8 Å². The number of ether oxygens (including phenoxy) is 1. The zero-order valence-corrected chi connectivity index (χ0v) is 14.6. The Morgan fingerprint density at radius 3 is 2.36 bits per heavy atom. The SMILES string of the molecule is CCC1=NN(C(=O)COc2c(C)cc(C)cc2C)[C@@](O)(C(F)(F)F)C1. The van der Waals surface area contributed by atoms with Gasteiger partial charge in [-0.15, -0.1) is 0 Å². The number of rotatable bonds is 4. The monoisotopic (exact) mass is 358 g/mol. The molecule has 1 atom stereocenters. The smallest absolute Gasteiger partial charge is 0.438 e. The van der Waals surface area contributed by atoms with Crippen LogP contribution in [0.1, 0.15) is 36.5 Å². The molecule has 1 aromatic rings. The fourth-order valence-electron chi connectivity index (χ4n) is 2.89. The molecule has 0 bridgehead atoms. The Hall–Kier alpha value is -2.09. The van der Waals surface area contributed by atoms with Crippen molar-refractivity contribution in [3.63, 3.8) is 0 Å². The molecule has 0 spiro atoms. The number of hydrazone groups is 1. The molecule has 138 valence electrons. The van der Waals surface area contributed by atoms with Crippen molar-refractivity contribution in [3.05, 3.63) is 28.8 Å². The molecule has 0 saturated heterocycles. The van der Waals surface area contributed by atoms with Crippen LogP contribution >= 0.6 is 0 Å². The quantitative estimate of drug-likeness (QED) is 0.899. The maximum absolute atomic E-state index is 13.2. The molecule has 1 amide bonds. The predicted octanol–water partition coefficient (Wildman–Crippen LogP) is 3.24. The predicted molar refractivity (Wildman–Crippen MR) is 86.3 cm³/mol. The number of alkyl halides is 3. The van der Waals surface area contributed by atoms with Crippen molar-refractivity contribution in [3.8, 4) is 5.75 Å². The molecule has 0 saturated carbocycles. The summed E-state index contributed by atoms with van der Waals surface area (Å²) in [4.78, 5) is 12.3. The maximum Gasteiger partial charge on any atom is 0.438 e. The third-order valence-electron chi connectivity index (χ3n) is 4.09. The molecule has 25 heavy (non-hydrogen) atoms. The summed E-state index contributed by atoms with van der Waals surface area (Å²) in [7, 11) is 0. The fourth-order valence-corrected chi connectivity index (χ4v) is 2.89. The number of aryl methyl sites for hydroxylation is 3. The Morgan fingerprint density at radius 2 is 1.88 bits per heavy atom. The molecule has 0 unspecified atom stereocenters. The van der Waals surface area contributed by atoms with Gasteiger partial charge in [0.1, 0.15) is 5.75 Å². The van der Waals surface area contributed by atoms with Crippen molar-refractivity contribution in [2.45, 2.75) is 52.4 Å². The largest absolute Gasteiger partial charge is 0.483 e. The summed E-state index contributed by atoms with van der Waals surface area (Å²) in [5.41, 5.74) is -0.658. The van der Waals surface area contributed by atoms with Gasteiger partial charge < -0.3 is 9.84 Å². The van der Waals surface area contributed by atoms with Crippen molar-refractivity contribution in [2.24, 2.45) is 5.10 Å². The lowest BCUT2D eigenvalue weighted by Gasteiger charge is -2.32. The van der Waals surface area contributed by atoms with E-state index < -0.39 is 30.8 Å². The molecule has 1 N–H and O–H groups in total. The summed E-state index contributed by atoms with van der Waals surface area (Å²) in [5, 5.41) is 13.8. The van der Waals surface area contributed by atoms with Gasteiger partial charge in [-0.05, 0) is 38.3 Å². The summed E-state index contributed by atoms with van der Waals surface area (Å²) >= 11 is 0. The second kappa shape index (κ2) is 6.67. The second-order valence-corrected chi connectivity index (χ2v) is 6.23. The highest BCUT2D eigenvalue weighted by Gasteiger charge is 2.62. The fraction of sp³-hybridized carbons (Fsp3) is 0.529. The topological polar surface area (TPSA) is 62.1 Å². The highest BCUT2D eigenvalue weighted by atomic mass is 19.4. The maximum atomic E-state index is 13.2. The van der Waals surface area contributed by atoms with Gasteiger partial charge in [0.2, 0.25) is 0 Å². The Bertz CT molecular complexity index is 693. The lowest BCUT2D eigenvalue weighted by molar-refractivity contribution is -0.302. The van der Waals surface area contributed by atoms with Gasteiger partial charge in [-0.2, -0.15) is 23.3 Å². The molecule has 1 heterocycles. The highest BCUT2D eigenvalue weighted by Crippen LogP contribution is 2.40. The molecular weight excluding hydrogens is 337 g/mol. The molecule has 0 radical (unpaired) electrons. The van der Waals surface area contributed by atoms with E-state index in [0.29, 0.717) is 5.75 Å². The average Bonchev–Trinajstić information content (AvgIpc) is 2.84. The molecule has 5 nitrogen and oxygen atoms in total. The molecule has 0 aliphatic carbocycles. The van der Waals surface area contributed by atoms with Gasteiger partial charge in [-0.1, -0.05) is 24.6 Å². The van der Waals surface area contributed by atoms with Crippen LogP contribution < -0.4 is 4.74 Å². The van der Waals surface area contributed by atoms with Gasteiger partial charge in [0.05, 0.1) is 0 Å². The number of amides is 1. The summed E-state index contributed by atoms with van der Waals surface area (Å²) < 4.78 is 45.2. The number of carbonyl (C=O) groups excluding carboxylic acids is 1. The van der Waals surface area contributed by atoms with E-state index in [2.05, 4.69) is 5.10 Å². The molecular formula is C17H21F3N2O3. The summed E-state index contributed by atoms with van der Waals surface area (Å²) in [6.07, 6.45) is -5.56. The number of halogens is 3. The Kier molecular flexibility index (Phi) is 5.13. The standard InChI is InChI=1S/C17H21F3N2O3/c1-5-13-8-16(24,17(18,19)20)22(21-13)14(23)9-25-15-11(3)6-10(2)7-12(15)4/h6-7,24H,5,8-9H2,1-4H3/t16-/m0/s1. The van der Waals surface area contributed by atoms with E-state index in [1.807, 2.05) is 19.1 Å². The molecule has 0 aromatic heterocycles. The first kappa shape index (κ1) is 19.2. The van der Waals surface area contributed by atoms with E-state index in [9.17, 15) is 23.1 Å². The van der Waals surface area contributed by atoms with E-state index in [1.165, 1.54) is 0 Å². The third kappa shape index (κ3) is 3.63. The first-order valence-electron chi connectivity index (χ1n) is 7.88. The zero-order chi connectivity index (χ0) is 19.0. The molecule has 8 heteroatoms. The average molecular weight is 358 g/mol. The van der Waals surface area contributed by atoms with E-state index >= 15 is 0 Å². The van der Waals surface area contributed by atoms with Gasteiger partial charge in [0.25, 0.3) is 11.6 Å². The van der Waals surface area contributed by atoms with Gasteiger partial charge in [-0.3, -0.25) is 4.79 Å². The number of aliphatic hydroxyl groups is 1. The van der Waals surface area contributed by atoms with Crippen LogP contribution in [0.3, 0.4) is 0 Å². The molecule has 1 aliphatic rings. The van der Waals surface area contributed by atoms with Crippen LogP contribution in [-0.4, -0.2) is 40.2 Å². The molecule has 1 aliphatic heterocycles. The van der Waals surface area contributed by atoms with E-state index in [4.69, 9.17) is 4.74 Å². The minimum absolute atomic E-state index is 0.102. The molecule has 2 rings (SSSR count). The second-order valence-electron chi connectivity index (χ2n) is 6.23. The lowest BCUT2D eigenvalue weighted by Crippen LogP contribution is -2.57. The van der Waals surface area contributed by atoms with Crippen LogP contribution in [0.5, 0.6) is 5.75 Å². The minimum Gasteiger partial charge on any atom is -0.483 e. The van der Waals surface area contributed by atoms with Crippen LogP contribution in [0.4, 0.5) is 13.2 Å². The Morgan fingerprint density at radius 1 is 1.32 bits per heavy atom. The summed E-state index contributed by atoms with van der Waals surface area (Å²) in [5.74, 6) is -0.615.